The van der Waals surface area contributed by atoms with Gasteiger partial charge in [0, 0.05) is 11.1 Å². The lowest BCUT2D eigenvalue weighted by Crippen LogP contribution is -2.16. The predicted molar refractivity (Wildman–Crippen MR) is 81.5 cm³/mol. The maximum absolute atomic E-state index is 6.22. The van der Waals surface area contributed by atoms with Gasteiger partial charge in [0.2, 0.25) is 0 Å². The Morgan fingerprint density at radius 2 is 2.33 bits per heavy atom. The second-order valence-electron chi connectivity index (χ2n) is 4.60. The van der Waals surface area contributed by atoms with Crippen LogP contribution in [0.5, 0.6) is 0 Å². The summed E-state index contributed by atoms with van der Waals surface area (Å²) in [6.07, 6.45) is 3.97. The van der Waals surface area contributed by atoms with Gasteiger partial charge in [-0.1, -0.05) is 29.8 Å². The van der Waals surface area contributed by atoms with Crippen molar-refractivity contribution in [2.75, 3.05) is 0 Å². The van der Waals surface area contributed by atoms with Crippen molar-refractivity contribution in [1.29, 1.82) is 0 Å². The quantitative estimate of drug-likeness (QED) is 0.886. The lowest BCUT2D eigenvalue weighted by atomic mass is 9.98. The first-order valence-corrected chi connectivity index (χ1v) is 7.17. The van der Waals surface area contributed by atoms with Gasteiger partial charge in [-0.15, -0.1) is 0 Å². The molecule has 2 rings (SSSR count). The first-order chi connectivity index (χ1) is 8.56. The van der Waals surface area contributed by atoms with Crippen molar-refractivity contribution in [2.24, 2.45) is 10.7 Å². The third-order valence-corrected chi connectivity index (χ3v) is 3.97. The molecule has 1 aromatic carbocycles. The van der Waals surface area contributed by atoms with Crippen LogP contribution in [-0.4, -0.2) is 10.7 Å². The van der Waals surface area contributed by atoms with Crippen molar-refractivity contribution in [3.8, 4) is 0 Å². The summed E-state index contributed by atoms with van der Waals surface area (Å²) in [6, 6.07) is 8.02. The van der Waals surface area contributed by atoms with E-state index in [9.17, 15) is 0 Å². The summed E-state index contributed by atoms with van der Waals surface area (Å²) in [5.74, 6) is 0. The van der Waals surface area contributed by atoms with Gasteiger partial charge < -0.3 is 5.73 Å². The molecule has 1 heterocycles. The van der Waals surface area contributed by atoms with Gasteiger partial charge in [-0.05, 0) is 59.0 Å². The van der Waals surface area contributed by atoms with Crippen molar-refractivity contribution in [3.63, 3.8) is 0 Å². The minimum absolute atomic E-state index is 0.0499. The van der Waals surface area contributed by atoms with Crippen LogP contribution in [0.2, 0.25) is 5.02 Å². The van der Waals surface area contributed by atoms with Gasteiger partial charge >= 0.3 is 0 Å². The molecule has 0 spiro atoms. The Balaban J connectivity index is 2.08. The number of halogens is 2. The molecule has 1 aliphatic heterocycles. The molecule has 96 valence electrons. The standard InChI is InChI=1S/C14H16BrClN2/c1-9-5-6-11(14(15)18-9)8-13(17)10-3-2-4-12(16)7-10/h2-4,6-7,9,13H,5,8,17H2,1H3. The molecule has 1 aromatic rings. The van der Waals surface area contributed by atoms with Crippen LogP contribution >= 0.6 is 27.5 Å². The lowest BCUT2D eigenvalue weighted by Gasteiger charge is -2.19. The van der Waals surface area contributed by atoms with Crippen molar-refractivity contribution in [1.82, 2.24) is 0 Å². The van der Waals surface area contributed by atoms with Crippen molar-refractivity contribution in [3.05, 3.63) is 46.5 Å². The first kappa shape index (κ1) is 13.8. The van der Waals surface area contributed by atoms with E-state index < -0.39 is 0 Å². The monoisotopic (exact) mass is 326 g/mol. The molecule has 0 amide bonds. The summed E-state index contributed by atoms with van der Waals surface area (Å²) >= 11 is 9.49. The second-order valence-corrected chi connectivity index (χ2v) is 5.79. The third kappa shape index (κ3) is 3.44. The van der Waals surface area contributed by atoms with Crippen LogP contribution in [0, 0.1) is 0 Å². The SMILES string of the molecule is CC1CC=C(CC(N)c2cccc(Cl)c2)C(Br)=N1. The molecule has 2 unspecified atom stereocenters. The van der Waals surface area contributed by atoms with Crippen LogP contribution in [0.3, 0.4) is 0 Å². The molecule has 18 heavy (non-hydrogen) atoms. The number of nitrogens with zero attached hydrogens (tertiary/aromatic N) is 1. The summed E-state index contributed by atoms with van der Waals surface area (Å²) in [5, 5.41) is 0.724. The number of aliphatic imine (C=N–C) groups is 1. The van der Waals surface area contributed by atoms with Crippen LogP contribution < -0.4 is 5.73 Å². The number of hydrogen-bond donors (Lipinski definition) is 1. The van der Waals surface area contributed by atoms with Crippen LogP contribution in [0.1, 0.15) is 31.4 Å². The third-order valence-electron chi connectivity index (χ3n) is 3.02. The molecule has 0 aliphatic carbocycles. The Hall–Kier alpha value is -0.640. The number of rotatable bonds is 3. The molecular weight excluding hydrogens is 312 g/mol. The predicted octanol–water partition coefficient (Wildman–Crippen LogP) is 4.24. The fraction of sp³-hybridized carbons (Fsp3) is 0.357. The zero-order chi connectivity index (χ0) is 13.1. The van der Waals surface area contributed by atoms with E-state index in [2.05, 4.69) is 33.9 Å². The van der Waals surface area contributed by atoms with Gasteiger partial charge in [0.15, 0.2) is 0 Å². The van der Waals surface area contributed by atoms with Crippen LogP contribution in [-0.2, 0) is 0 Å². The van der Waals surface area contributed by atoms with E-state index in [-0.39, 0.29) is 6.04 Å². The highest BCUT2D eigenvalue weighted by Crippen LogP contribution is 2.26. The van der Waals surface area contributed by atoms with Gasteiger partial charge in [0.25, 0.3) is 0 Å². The summed E-state index contributed by atoms with van der Waals surface area (Å²) in [4.78, 5) is 4.51. The molecule has 1 aliphatic rings. The second kappa shape index (κ2) is 6.00. The number of dihydropyridines is 1. The van der Waals surface area contributed by atoms with Gasteiger partial charge in [0.05, 0.1) is 6.04 Å². The highest BCUT2D eigenvalue weighted by Gasteiger charge is 2.16. The fourth-order valence-electron chi connectivity index (χ4n) is 1.99. The molecule has 2 N–H and O–H groups in total. The maximum Gasteiger partial charge on any atom is 0.103 e. The van der Waals surface area contributed by atoms with E-state index in [1.54, 1.807) is 0 Å². The molecule has 0 bridgehead atoms. The van der Waals surface area contributed by atoms with Crippen molar-refractivity contribution in [2.45, 2.75) is 31.8 Å². The average molecular weight is 328 g/mol. The van der Waals surface area contributed by atoms with E-state index in [0.29, 0.717) is 6.04 Å². The van der Waals surface area contributed by atoms with Crippen LogP contribution in [0.25, 0.3) is 0 Å². The Kier molecular flexibility index (Phi) is 4.60. The summed E-state index contributed by atoms with van der Waals surface area (Å²) in [7, 11) is 0. The highest BCUT2D eigenvalue weighted by molar-refractivity contribution is 9.18. The molecule has 0 radical (unpaired) electrons. The molecule has 2 atom stereocenters. The summed E-state index contributed by atoms with van der Waals surface area (Å²) in [6.45, 7) is 2.10. The molecule has 0 aromatic heterocycles. The average Bonchev–Trinajstić information content (AvgIpc) is 2.32. The van der Waals surface area contributed by atoms with Gasteiger partial charge in [-0.2, -0.15) is 0 Å². The molecular formula is C14H16BrClN2. The highest BCUT2D eigenvalue weighted by atomic mass is 79.9. The first-order valence-electron chi connectivity index (χ1n) is 6.00. The fourth-order valence-corrected chi connectivity index (χ4v) is 2.86. The van der Waals surface area contributed by atoms with Gasteiger partial charge in [-0.3, -0.25) is 4.99 Å². The molecule has 2 nitrogen and oxygen atoms in total. The molecule has 0 saturated heterocycles. The molecule has 4 heteroatoms. The lowest BCUT2D eigenvalue weighted by molar-refractivity contribution is 0.702. The Labute approximate surface area is 121 Å². The molecule has 0 fully saturated rings. The number of nitrogens with two attached hydrogens (primary N) is 1. The maximum atomic E-state index is 6.22. The van der Waals surface area contributed by atoms with E-state index in [1.807, 2.05) is 24.3 Å². The van der Waals surface area contributed by atoms with Crippen LogP contribution in [0.15, 0.2) is 40.9 Å². The normalized spacial score (nSPS) is 21.2. The number of benzene rings is 1. The minimum Gasteiger partial charge on any atom is -0.324 e. The van der Waals surface area contributed by atoms with Crippen molar-refractivity contribution < 1.29 is 0 Å². The summed E-state index contributed by atoms with van der Waals surface area (Å²) in [5.41, 5.74) is 8.46. The Morgan fingerprint density at radius 1 is 1.56 bits per heavy atom. The van der Waals surface area contributed by atoms with Crippen LogP contribution in [0.4, 0.5) is 0 Å². The van der Waals surface area contributed by atoms with E-state index >= 15 is 0 Å². The zero-order valence-electron chi connectivity index (χ0n) is 10.2. The topological polar surface area (TPSA) is 38.4 Å². The molecule has 0 saturated carbocycles. The minimum atomic E-state index is -0.0499. The Bertz CT molecular complexity index is 496. The largest absolute Gasteiger partial charge is 0.324 e. The van der Waals surface area contributed by atoms with Gasteiger partial charge in [0.1, 0.15) is 4.62 Å². The Morgan fingerprint density at radius 3 is 3.00 bits per heavy atom. The van der Waals surface area contributed by atoms with Crippen molar-refractivity contribution >= 4 is 32.2 Å². The van der Waals surface area contributed by atoms with E-state index in [1.165, 1.54) is 5.57 Å². The van der Waals surface area contributed by atoms with Gasteiger partial charge in [-0.25, -0.2) is 0 Å². The summed E-state index contributed by atoms with van der Waals surface area (Å²) < 4.78 is 0.929. The van der Waals surface area contributed by atoms with E-state index in [0.717, 1.165) is 28.0 Å². The van der Waals surface area contributed by atoms with E-state index in [4.69, 9.17) is 17.3 Å². The zero-order valence-corrected chi connectivity index (χ0v) is 12.6. The smallest absolute Gasteiger partial charge is 0.103 e. The number of hydrogen-bond acceptors (Lipinski definition) is 2.